The minimum atomic E-state index is -1.39. The molecular weight excluding hydrogens is 246 g/mol. The first-order chi connectivity index (χ1) is 8.56. The van der Waals surface area contributed by atoms with Crippen LogP contribution in [0.3, 0.4) is 0 Å². The van der Waals surface area contributed by atoms with Gasteiger partial charge in [0, 0.05) is 6.42 Å². The summed E-state index contributed by atoms with van der Waals surface area (Å²) < 4.78 is 0. The zero-order valence-corrected chi connectivity index (χ0v) is 11.5. The largest absolute Gasteiger partial charge is 0.504 e. The quantitative estimate of drug-likeness (QED) is 0.495. The summed E-state index contributed by atoms with van der Waals surface area (Å²) in [6.07, 6.45) is 0.0795. The van der Waals surface area contributed by atoms with Crippen molar-refractivity contribution in [2.75, 3.05) is 0 Å². The van der Waals surface area contributed by atoms with Gasteiger partial charge >= 0.3 is 5.97 Å². The monoisotopic (exact) mass is 267 g/mol. The molecule has 0 radical (unpaired) electrons. The van der Waals surface area contributed by atoms with Crippen LogP contribution in [0.15, 0.2) is 30.4 Å². The lowest BCUT2D eigenvalue weighted by molar-refractivity contribution is -0.142. The van der Waals surface area contributed by atoms with E-state index < -0.39 is 11.5 Å². The van der Waals surface area contributed by atoms with Gasteiger partial charge in [0.1, 0.15) is 5.54 Å². The van der Waals surface area contributed by atoms with Crippen molar-refractivity contribution in [2.45, 2.75) is 32.7 Å². The Morgan fingerprint density at radius 3 is 2.16 bits per heavy atom. The average molecular weight is 267 g/mol. The predicted molar refractivity (Wildman–Crippen MR) is 74.2 cm³/mol. The number of hydrogen-bond acceptors (Lipinski definition) is 4. The fourth-order valence-electron chi connectivity index (χ4n) is 1.18. The molecule has 1 aromatic rings. The maximum Gasteiger partial charge on any atom is 0.323 e. The van der Waals surface area contributed by atoms with E-state index >= 15 is 0 Å². The molecule has 5 heteroatoms. The van der Waals surface area contributed by atoms with Crippen LogP contribution in [0.2, 0.25) is 0 Å². The van der Waals surface area contributed by atoms with Crippen molar-refractivity contribution in [1.82, 2.24) is 0 Å². The van der Waals surface area contributed by atoms with Crippen LogP contribution >= 0.6 is 0 Å². The molecule has 0 heterocycles. The lowest BCUT2D eigenvalue weighted by Gasteiger charge is -2.19. The van der Waals surface area contributed by atoms with Gasteiger partial charge in [-0.25, -0.2) is 0 Å². The molecule has 106 valence electrons. The van der Waals surface area contributed by atoms with Gasteiger partial charge in [-0.15, -0.1) is 6.58 Å². The van der Waals surface area contributed by atoms with E-state index in [0.29, 0.717) is 5.56 Å². The van der Waals surface area contributed by atoms with E-state index in [2.05, 4.69) is 6.58 Å². The third-order valence-electron chi connectivity index (χ3n) is 2.10. The van der Waals surface area contributed by atoms with Crippen molar-refractivity contribution < 1.29 is 20.1 Å². The molecule has 0 saturated heterocycles. The van der Waals surface area contributed by atoms with Crippen molar-refractivity contribution >= 4 is 5.97 Å². The van der Waals surface area contributed by atoms with Crippen LogP contribution in [0.4, 0.5) is 0 Å². The van der Waals surface area contributed by atoms with E-state index in [9.17, 15) is 9.90 Å². The molecule has 0 aromatic heterocycles. The number of carbonyl (C=O) groups is 1. The number of carboxylic acids is 1. The lowest BCUT2D eigenvalue weighted by Crippen LogP contribution is -2.46. The Labute approximate surface area is 113 Å². The second-order valence-corrected chi connectivity index (χ2v) is 4.93. The third kappa shape index (κ3) is 6.47. The second-order valence-electron chi connectivity index (χ2n) is 4.93. The number of allylic oxidation sites excluding steroid dienone is 1. The Morgan fingerprint density at radius 2 is 1.79 bits per heavy atom. The van der Waals surface area contributed by atoms with E-state index in [1.54, 1.807) is 0 Å². The maximum atomic E-state index is 10.7. The normalized spacial score (nSPS) is 12.8. The molecule has 1 aromatic carbocycles. The van der Waals surface area contributed by atoms with Crippen molar-refractivity contribution in [2.24, 2.45) is 5.73 Å². The number of aromatic hydroxyl groups is 2. The Morgan fingerprint density at radius 1 is 1.32 bits per heavy atom. The van der Waals surface area contributed by atoms with Crippen molar-refractivity contribution in [3.63, 3.8) is 0 Å². The van der Waals surface area contributed by atoms with Gasteiger partial charge in [-0.1, -0.05) is 11.6 Å². The summed E-state index contributed by atoms with van der Waals surface area (Å²) in [6.45, 7) is 8.89. The highest BCUT2D eigenvalue weighted by Crippen LogP contribution is 2.26. The molecule has 1 rings (SSSR count). The van der Waals surface area contributed by atoms with Crippen LogP contribution in [0.1, 0.15) is 26.3 Å². The number of benzene rings is 1. The van der Waals surface area contributed by atoms with Crippen LogP contribution in [-0.2, 0) is 11.2 Å². The zero-order valence-electron chi connectivity index (χ0n) is 11.5. The van der Waals surface area contributed by atoms with Gasteiger partial charge in [0.05, 0.1) is 0 Å². The number of hydrogen-bond donors (Lipinski definition) is 4. The first-order valence-corrected chi connectivity index (χ1v) is 5.71. The van der Waals surface area contributed by atoms with Crippen molar-refractivity contribution in [1.29, 1.82) is 0 Å². The fraction of sp³-hybridized carbons (Fsp3) is 0.357. The Bertz CT molecular complexity index is 463. The average Bonchev–Trinajstić information content (AvgIpc) is 2.22. The van der Waals surface area contributed by atoms with E-state index in [4.69, 9.17) is 15.9 Å². The SMILES string of the molecule is C=C(C)C.C[C@](N)(Cc1ccc(O)c(O)c1)C(=O)O. The van der Waals surface area contributed by atoms with Crippen LogP contribution in [0.25, 0.3) is 0 Å². The maximum absolute atomic E-state index is 10.7. The molecule has 0 unspecified atom stereocenters. The number of aliphatic carboxylic acids is 1. The molecule has 0 aliphatic carbocycles. The van der Waals surface area contributed by atoms with Crippen molar-refractivity contribution in [3.8, 4) is 11.5 Å². The summed E-state index contributed by atoms with van der Waals surface area (Å²) in [6, 6.07) is 4.11. The van der Waals surface area contributed by atoms with E-state index in [1.165, 1.54) is 30.7 Å². The molecule has 0 aliphatic heterocycles. The van der Waals surface area contributed by atoms with Gasteiger partial charge in [-0.2, -0.15) is 0 Å². The van der Waals surface area contributed by atoms with Crippen LogP contribution < -0.4 is 5.73 Å². The molecule has 0 spiro atoms. The number of rotatable bonds is 3. The Balaban J connectivity index is 0.000000711. The van der Waals surface area contributed by atoms with Crippen LogP contribution in [0, 0.1) is 0 Å². The summed E-state index contributed by atoms with van der Waals surface area (Å²) in [7, 11) is 0. The molecule has 5 N–H and O–H groups in total. The molecule has 5 nitrogen and oxygen atoms in total. The Hall–Kier alpha value is -2.01. The summed E-state index contributed by atoms with van der Waals surface area (Å²) in [5.41, 5.74) is 5.87. The number of nitrogens with two attached hydrogens (primary N) is 1. The van der Waals surface area contributed by atoms with Gasteiger partial charge < -0.3 is 21.1 Å². The van der Waals surface area contributed by atoms with Crippen molar-refractivity contribution in [3.05, 3.63) is 35.9 Å². The van der Waals surface area contributed by atoms with Gasteiger partial charge in [0.2, 0.25) is 0 Å². The predicted octanol–water partition coefficient (Wildman–Crippen LogP) is 2.02. The highest BCUT2D eigenvalue weighted by molar-refractivity contribution is 5.78. The molecule has 1 atom stereocenters. The highest BCUT2D eigenvalue weighted by Gasteiger charge is 2.28. The third-order valence-corrected chi connectivity index (χ3v) is 2.10. The summed E-state index contributed by atoms with van der Waals surface area (Å²) >= 11 is 0. The molecule has 0 saturated carbocycles. The zero-order chi connectivity index (χ0) is 15.2. The number of phenols is 2. The minimum absolute atomic E-state index is 0.0795. The topological polar surface area (TPSA) is 104 Å². The number of carboxylic acid groups (broad SMARTS) is 1. The highest BCUT2D eigenvalue weighted by atomic mass is 16.4. The molecule has 19 heavy (non-hydrogen) atoms. The fourth-order valence-corrected chi connectivity index (χ4v) is 1.18. The van der Waals surface area contributed by atoms with Crippen LogP contribution in [-0.4, -0.2) is 26.8 Å². The smallest absolute Gasteiger partial charge is 0.323 e. The van der Waals surface area contributed by atoms with Gasteiger partial charge in [-0.3, -0.25) is 4.79 Å². The van der Waals surface area contributed by atoms with Gasteiger partial charge in [-0.05, 0) is 38.5 Å². The summed E-state index contributed by atoms with van der Waals surface area (Å²) in [5.74, 6) is -1.64. The first kappa shape index (κ1) is 17.0. The molecule has 0 aliphatic rings. The second kappa shape index (κ2) is 6.80. The van der Waals surface area contributed by atoms with Gasteiger partial charge in [0.25, 0.3) is 0 Å². The summed E-state index contributed by atoms with van der Waals surface area (Å²) in [4.78, 5) is 10.7. The standard InChI is InChI=1S/C10H13NO4.C4H8/c1-10(11,9(14)15)5-6-2-3-7(12)8(13)4-6;1-4(2)3/h2-4,12-13H,5,11H2,1H3,(H,14,15);1H2,2-3H3/t10-;/m0./s1. The van der Waals surface area contributed by atoms with Crippen LogP contribution in [0.5, 0.6) is 11.5 Å². The number of phenolic OH excluding ortho intramolecular Hbond substituents is 2. The molecular formula is C14H21NO4. The lowest BCUT2D eigenvalue weighted by atomic mass is 9.94. The van der Waals surface area contributed by atoms with E-state index in [0.717, 1.165) is 0 Å². The molecule has 0 fully saturated rings. The van der Waals surface area contributed by atoms with E-state index in [-0.39, 0.29) is 17.9 Å². The Kier molecular flexibility index (Phi) is 6.08. The van der Waals surface area contributed by atoms with E-state index in [1.807, 2.05) is 13.8 Å². The molecule has 0 amide bonds. The molecule has 0 bridgehead atoms. The van der Waals surface area contributed by atoms with Gasteiger partial charge in [0.15, 0.2) is 11.5 Å². The minimum Gasteiger partial charge on any atom is -0.504 e. The first-order valence-electron chi connectivity index (χ1n) is 5.71. The summed E-state index contributed by atoms with van der Waals surface area (Å²) in [5, 5.41) is 27.0.